The van der Waals surface area contributed by atoms with Gasteiger partial charge in [0.15, 0.2) is 6.61 Å². The predicted octanol–water partition coefficient (Wildman–Crippen LogP) is 4.90. The van der Waals surface area contributed by atoms with E-state index in [4.69, 9.17) is 9.47 Å². The van der Waals surface area contributed by atoms with Crippen molar-refractivity contribution in [2.75, 3.05) is 6.61 Å². The van der Waals surface area contributed by atoms with Crippen LogP contribution in [0.2, 0.25) is 0 Å². The van der Waals surface area contributed by atoms with Crippen LogP contribution < -0.4 is 9.47 Å². The number of benzene rings is 3. The van der Waals surface area contributed by atoms with E-state index >= 15 is 0 Å². The average Bonchev–Trinajstić information content (AvgIpc) is 2.57. The summed E-state index contributed by atoms with van der Waals surface area (Å²) in [6.07, 6.45) is 0. The Hall–Kier alpha value is -2.33. The number of hydrogen-bond acceptors (Lipinski definition) is 3. The van der Waals surface area contributed by atoms with Crippen molar-refractivity contribution in [3.8, 4) is 11.5 Å². The Labute approximate surface area is 143 Å². The predicted molar refractivity (Wildman–Crippen MR) is 94.0 cm³/mol. The van der Waals surface area contributed by atoms with Gasteiger partial charge in [0.05, 0.1) is 4.47 Å². The minimum atomic E-state index is -0.443. The van der Waals surface area contributed by atoms with Gasteiger partial charge in [-0.15, -0.1) is 0 Å². The SMILES string of the molecule is Cc1ccc(OCC(=O)Oc2ccc3ccccc3c2Br)cc1. The van der Waals surface area contributed by atoms with Gasteiger partial charge in [0, 0.05) is 0 Å². The standard InChI is InChI=1S/C19H15BrO3/c1-13-6-9-15(10-7-13)22-12-18(21)23-17-11-8-14-4-2-3-5-16(14)19(17)20/h2-11H,12H2,1H3. The van der Waals surface area contributed by atoms with Crippen LogP contribution in [0.1, 0.15) is 5.56 Å². The summed E-state index contributed by atoms with van der Waals surface area (Å²) < 4.78 is 11.6. The Morgan fingerprint density at radius 2 is 1.74 bits per heavy atom. The molecule has 0 aliphatic carbocycles. The fourth-order valence-corrected chi connectivity index (χ4v) is 2.80. The van der Waals surface area contributed by atoms with Crippen LogP contribution >= 0.6 is 15.9 Å². The zero-order valence-corrected chi connectivity index (χ0v) is 14.2. The van der Waals surface area contributed by atoms with E-state index in [9.17, 15) is 4.79 Å². The second-order valence-corrected chi connectivity index (χ2v) is 5.97. The van der Waals surface area contributed by atoms with E-state index in [-0.39, 0.29) is 6.61 Å². The van der Waals surface area contributed by atoms with Gasteiger partial charge in [-0.2, -0.15) is 0 Å². The number of carbonyl (C=O) groups excluding carboxylic acids is 1. The highest BCUT2D eigenvalue weighted by Crippen LogP contribution is 2.33. The van der Waals surface area contributed by atoms with E-state index in [1.807, 2.05) is 61.5 Å². The van der Waals surface area contributed by atoms with Gasteiger partial charge in [-0.1, -0.05) is 48.0 Å². The molecule has 23 heavy (non-hydrogen) atoms. The van der Waals surface area contributed by atoms with E-state index in [1.165, 1.54) is 0 Å². The molecule has 0 atom stereocenters. The Morgan fingerprint density at radius 1 is 1.00 bits per heavy atom. The van der Waals surface area contributed by atoms with E-state index in [1.54, 1.807) is 6.07 Å². The average molecular weight is 371 g/mol. The lowest BCUT2D eigenvalue weighted by Crippen LogP contribution is -2.17. The monoisotopic (exact) mass is 370 g/mol. The molecule has 3 nitrogen and oxygen atoms in total. The third kappa shape index (κ3) is 3.71. The van der Waals surface area contributed by atoms with Crippen molar-refractivity contribution in [3.63, 3.8) is 0 Å². The lowest BCUT2D eigenvalue weighted by molar-refractivity contribution is -0.136. The molecule has 116 valence electrons. The van der Waals surface area contributed by atoms with Gasteiger partial charge in [-0.25, -0.2) is 4.79 Å². The summed E-state index contributed by atoms with van der Waals surface area (Å²) in [5.74, 6) is 0.688. The van der Waals surface area contributed by atoms with Gasteiger partial charge >= 0.3 is 5.97 Å². The minimum Gasteiger partial charge on any atom is -0.482 e. The molecule has 3 rings (SSSR count). The number of aryl methyl sites for hydroxylation is 1. The van der Waals surface area contributed by atoms with Gasteiger partial charge < -0.3 is 9.47 Å². The Bertz CT molecular complexity index is 841. The summed E-state index contributed by atoms with van der Waals surface area (Å²) in [5, 5.41) is 2.08. The largest absolute Gasteiger partial charge is 0.482 e. The molecule has 0 saturated carbocycles. The molecule has 0 saturated heterocycles. The van der Waals surface area contributed by atoms with Gasteiger partial charge in [0.25, 0.3) is 0 Å². The molecule has 0 spiro atoms. The maximum Gasteiger partial charge on any atom is 0.349 e. The van der Waals surface area contributed by atoms with Gasteiger partial charge in [-0.05, 0) is 51.8 Å². The van der Waals surface area contributed by atoms with Crippen molar-refractivity contribution in [2.45, 2.75) is 6.92 Å². The second kappa shape index (κ2) is 6.84. The first-order valence-corrected chi connectivity index (χ1v) is 8.00. The van der Waals surface area contributed by atoms with Gasteiger partial charge in [0.2, 0.25) is 0 Å². The molecule has 4 heteroatoms. The molecule has 0 aliphatic rings. The Morgan fingerprint density at radius 3 is 2.52 bits per heavy atom. The topological polar surface area (TPSA) is 35.5 Å². The van der Waals surface area contributed by atoms with Crippen molar-refractivity contribution in [1.82, 2.24) is 0 Å². The number of carbonyl (C=O) groups is 1. The minimum absolute atomic E-state index is 0.137. The third-order valence-electron chi connectivity index (χ3n) is 3.43. The maximum atomic E-state index is 12.0. The molecule has 0 N–H and O–H groups in total. The number of halogens is 1. The van der Waals surface area contributed by atoms with Crippen LogP contribution in [0, 0.1) is 6.92 Å². The van der Waals surface area contributed by atoms with Crippen molar-refractivity contribution < 1.29 is 14.3 Å². The molecule has 0 amide bonds. The molecule has 0 fully saturated rings. The Balaban J connectivity index is 1.68. The normalized spacial score (nSPS) is 10.5. The number of rotatable bonds is 4. The fourth-order valence-electron chi connectivity index (χ4n) is 2.22. The van der Waals surface area contributed by atoms with Gasteiger partial charge in [0.1, 0.15) is 11.5 Å². The highest BCUT2D eigenvalue weighted by molar-refractivity contribution is 9.10. The van der Waals surface area contributed by atoms with Crippen LogP contribution in [-0.4, -0.2) is 12.6 Å². The molecule has 0 bridgehead atoms. The van der Waals surface area contributed by atoms with Crippen molar-refractivity contribution in [2.24, 2.45) is 0 Å². The molecule has 0 unspecified atom stereocenters. The van der Waals surface area contributed by atoms with Crippen LogP contribution in [0.25, 0.3) is 10.8 Å². The lowest BCUT2D eigenvalue weighted by atomic mass is 10.1. The highest BCUT2D eigenvalue weighted by Gasteiger charge is 2.11. The highest BCUT2D eigenvalue weighted by atomic mass is 79.9. The van der Waals surface area contributed by atoms with Crippen LogP contribution in [-0.2, 0) is 4.79 Å². The van der Waals surface area contributed by atoms with E-state index in [0.29, 0.717) is 11.5 Å². The zero-order valence-electron chi connectivity index (χ0n) is 12.6. The van der Waals surface area contributed by atoms with Gasteiger partial charge in [-0.3, -0.25) is 0 Å². The van der Waals surface area contributed by atoms with E-state index in [2.05, 4.69) is 15.9 Å². The van der Waals surface area contributed by atoms with Crippen LogP contribution in [0.3, 0.4) is 0 Å². The molecular weight excluding hydrogens is 356 g/mol. The molecular formula is C19H15BrO3. The number of ether oxygens (including phenoxy) is 2. The number of esters is 1. The molecule has 3 aromatic carbocycles. The summed E-state index contributed by atoms with van der Waals surface area (Å²) in [4.78, 5) is 12.0. The maximum absolute atomic E-state index is 12.0. The summed E-state index contributed by atoms with van der Waals surface area (Å²) >= 11 is 3.50. The van der Waals surface area contributed by atoms with Crippen molar-refractivity contribution in [1.29, 1.82) is 0 Å². The van der Waals surface area contributed by atoms with Crippen molar-refractivity contribution >= 4 is 32.7 Å². The van der Waals surface area contributed by atoms with Crippen LogP contribution in [0.4, 0.5) is 0 Å². The number of hydrogen-bond donors (Lipinski definition) is 0. The van der Waals surface area contributed by atoms with E-state index in [0.717, 1.165) is 20.8 Å². The smallest absolute Gasteiger partial charge is 0.349 e. The molecule has 3 aromatic rings. The fraction of sp³-hybridized carbons (Fsp3) is 0.105. The first-order valence-electron chi connectivity index (χ1n) is 7.21. The summed E-state index contributed by atoms with van der Waals surface area (Å²) in [7, 11) is 0. The summed E-state index contributed by atoms with van der Waals surface area (Å²) in [6.45, 7) is 1.86. The second-order valence-electron chi connectivity index (χ2n) is 5.17. The molecule has 0 radical (unpaired) electrons. The third-order valence-corrected chi connectivity index (χ3v) is 4.25. The van der Waals surface area contributed by atoms with Crippen molar-refractivity contribution in [3.05, 3.63) is 70.7 Å². The first-order chi connectivity index (χ1) is 11.1. The summed E-state index contributed by atoms with van der Waals surface area (Å²) in [5.41, 5.74) is 1.14. The number of fused-ring (bicyclic) bond motifs is 1. The first kappa shape index (κ1) is 15.6. The molecule has 0 aromatic heterocycles. The van der Waals surface area contributed by atoms with E-state index < -0.39 is 5.97 Å². The lowest BCUT2D eigenvalue weighted by Gasteiger charge is -2.10. The zero-order chi connectivity index (χ0) is 16.2. The Kier molecular flexibility index (Phi) is 4.63. The van der Waals surface area contributed by atoms with Crippen LogP contribution in [0.15, 0.2) is 65.1 Å². The quantitative estimate of drug-likeness (QED) is 0.484. The summed E-state index contributed by atoms with van der Waals surface area (Å²) in [6, 6.07) is 19.1. The molecule has 0 heterocycles. The van der Waals surface area contributed by atoms with Crippen LogP contribution in [0.5, 0.6) is 11.5 Å². The molecule has 0 aliphatic heterocycles.